The van der Waals surface area contributed by atoms with Crippen molar-refractivity contribution in [2.45, 2.75) is 26.4 Å². The van der Waals surface area contributed by atoms with Crippen molar-refractivity contribution in [3.63, 3.8) is 0 Å². The summed E-state index contributed by atoms with van der Waals surface area (Å²) in [6, 6.07) is 11.2. The van der Waals surface area contributed by atoms with Gasteiger partial charge in [0.25, 0.3) is 11.8 Å². The second-order valence-electron chi connectivity index (χ2n) is 5.84. The molecule has 1 amide bonds. The molecular formula is C19H21N3O4. The van der Waals surface area contributed by atoms with Gasteiger partial charge in [-0.3, -0.25) is 4.79 Å². The number of aromatic nitrogens is 2. The zero-order chi connectivity index (χ0) is 18.4. The number of amides is 1. The average Bonchev–Trinajstić information content (AvgIpc) is 3.36. The summed E-state index contributed by atoms with van der Waals surface area (Å²) in [6.07, 6.45) is 2.95. The highest BCUT2D eigenvalue weighted by atomic mass is 16.5. The van der Waals surface area contributed by atoms with Crippen molar-refractivity contribution in [2.75, 3.05) is 13.6 Å². The van der Waals surface area contributed by atoms with Crippen molar-refractivity contribution >= 4 is 5.91 Å². The van der Waals surface area contributed by atoms with E-state index in [9.17, 15) is 4.79 Å². The lowest BCUT2D eigenvalue weighted by atomic mass is 10.2. The predicted octanol–water partition coefficient (Wildman–Crippen LogP) is 3.12. The van der Waals surface area contributed by atoms with E-state index in [1.54, 1.807) is 24.1 Å². The maximum absolute atomic E-state index is 12.1. The SMILES string of the molecule is CCc1ccc(OCc2nc(CCN(C)C(=O)c3ccco3)no2)cc1. The summed E-state index contributed by atoms with van der Waals surface area (Å²) in [4.78, 5) is 17.9. The van der Waals surface area contributed by atoms with Gasteiger partial charge in [0.15, 0.2) is 18.2 Å². The quantitative estimate of drug-likeness (QED) is 0.617. The van der Waals surface area contributed by atoms with Crippen LogP contribution in [0.4, 0.5) is 0 Å². The fraction of sp³-hybridized carbons (Fsp3) is 0.316. The number of likely N-dealkylation sites (N-methyl/N-ethyl adjacent to an activating group) is 1. The molecule has 0 atom stereocenters. The Kier molecular flexibility index (Phi) is 5.68. The van der Waals surface area contributed by atoms with E-state index in [1.165, 1.54) is 11.8 Å². The molecule has 0 aliphatic carbocycles. The van der Waals surface area contributed by atoms with Gasteiger partial charge < -0.3 is 18.6 Å². The lowest BCUT2D eigenvalue weighted by Crippen LogP contribution is -2.28. The fourth-order valence-corrected chi connectivity index (χ4v) is 2.37. The third kappa shape index (κ3) is 4.50. The third-order valence-corrected chi connectivity index (χ3v) is 3.95. The van der Waals surface area contributed by atoms with Gasteiger partial charge in [-0.1, -0.05) is 24.2 Å². The van der Waals surface area contributed by atoms with Crippen LogP contribution in [0.3, 0.4) is 0 Å². The van der Waals surface area contributed by atoms with Crippen molar-refractivity contribution in [3.8, 4) is 5.75 Å². The molecule has 1 aromatic carbocycles. The number of carbonyl (C=O) groups is 1. The van der Waals surface area contributed by atoms with Gasteiger partial charge in [-0.05, 0) is 36.2 Å². The summed E-state index contributed by atoms with van der Waals surface area (Å²) < 4.78 is 15.9. The Morgan fingerprint density at radius 1 is 1.23 bits per heavy atom. The molecule has 0 bridgehead atoms. The van der Waals surface area contributed by atoms with Gasteiger partial charge in [0.2, 0.25) is 0 Å². The molecule has 0 N–H and O–H groups in total. The number of hydrogen-bond donors (Lipinski definition) is 0. The number of rotatable bonds is 8. The molecule has 0 spiro atoms. The van der Waals surface area contributed by atoms with Gasteiger partial charge in [0.05, 0.1) is 6.26 Å². The van der Waals surface area contributed by atoms with Crippen LogP contribution in [0.5, 0.6) is 5.75 Å². The highest BCUT2D eigenvalue weighted by Gasteiger charge is 2.15. The van der Waals surface area contributed by atoms with Gasteiger partial charge in [-0.15, -0.1) is 0 Å². The largest absolute Gasteiger partial charge is 0.484 e. The number of ether oxygens (including phenoxy) is 1. The lowest BCUT2D eigenvalue weighted by molar-refractivity contribution is 0.0764. The Morgan fingerprint density at radius 2 is 2.04 bits per heavy atom. The van der Waals surface area contributed by atoms with Crippen LogP contribution >= 0.6 is 0 Å². The van der Waals surface area contributed by atoms with E-state index in [1.807, 2.05) is 24.3 Å². The minimum atomic E-state index is -0.183. The second-order valence-corrected chi connectivity index (χ2v) is 5.84. The molecular weight excluding hydrogens is 334 g/mol. The van der Waals surface area contributed by atoms with Gasteiger partial charge in [0, 0.05) is 20.0 Å². The van der Waals surface area contributed by atoms with E-state index in [-0.39, 0.29) is 12.5 Å². The third-order valence-electron chi connectivity index (χ3n) is 3.95. The molecule has 0 aliphatic rings. The number of benzene rings is 1. The molecule has 136 valence electrons. The van der Waals surface area contributed by atoms with Crippen LogP contribution in [0.1, 0.15) is 34.8 Å². The summed E-state index contributed by atoms with van der Waals surface area (Å²) in [5, 5.41) is 3.92. The minimum absolute atomic E-state index is 0.183. The predicted molar refractivity (Wildman–Crippen MR) is 93.8 cm³/mol. The highest BCUT2D eigenvalue weighted by Crippen LogP contribution is 2.14. The Labute approximate surface area is 151 Å². The zero-order valence-corrected chi connectivity index (χ0v) is 14.8. The maximum atomic E-state index is 12.1. The first kappa shape index (κ1) is 17.7. The van der Waals surface area contributed by atoms with Crippen LogP contribution in [-0.4, -0.2) is 34.5 Å². The van der Waals surface area contributed by atoms with Gasteiger partial charge in [0.1, 0.15) is 5.75 Å². The number of nitrogens with zero attached hydrogens (tertiary/aromatic N) is 3. The fourth-order valence-electron chi connectivity index (χ4n) is 2.37. The normalized spacial score (nSPS) is 10.7. The van der Waals surface area contributed by atoms with Crippen molar-refractivity contribution in [2.24, 2.45) is 0 Å². The molecule has 3 rings (SSSR count). The van der Waals surface area contributed by atoms with Crippen LogP contribution in [0, 0.1) is 0 Å². The smallest absolute Gasteiger partial charge is 0.289 e. The molecule has 7 nitrogen and oxygen atoms in total. The van der Waals surface area contributed by atoms with E-state index >= 15 is 0 Å². The Morgan fingerprint density at radius 3 is 2.73 bits per heavy atom. The summed E-state index contributed by atoms with van der Waals surface area (Å²) in [5.41, 5.74) is 1.26. The van der Waals surface area contributed by atoms with E-state index in [0.717, 1.165) is 12.2 Å². The molecule has 0 fully saturated rings. The van der Waals surface area contributed by atoms with Crippen molar-refractivity contribution in [1.82, 2.24) is 15.0 Å². The molecule has 0 unspecified atom stereocenters. The highest BCUT2D eigenvalue weighted by molar-refractivity contribution is 5.91. The average molecular weight is 355 g/mol. The molecule has 0 saturated heterocycles. The minimum Gasteiger partial charge on any atom is -0.484 e. The summed E-state index contributed by atoms with van der Waals surface area (Å²) in [5.74, 6) is 1.82. The molecule has 7 heteroatoms. The van der Waals surface area contributed by atoms with Crippen LogP contribution < -0.4 is 4.74 Å². The van der Waals surface area contributed by atoms with E-state index in [2.05, 4.69) is 17.1 Å². The summed E-state index contributed by atoms with van der Waals surface area (Å²) in [7, 11) is 1.70. The molecule has 3 aromatic rings. The van der Waals surface area contributed by atoms with Gasteiger partial charge >= 0.3 is 0 Å². The number of hydrogen-bond acceptors (Lipinski definition) is 6. The van der Waals surface area contributed by atoms with E-state index < -0.39 is 0 Å². The first-order valence-corrected chi connectivity index (χ1v) is 8.48. The van der Waals surface area contributed by atoms with Crippen molar-refractivity contribution in [3.05, 3.63) is 65.7 Å². The van der Waals surface area contributed by atoms with Crippen LogP contribution in [-0.2, 0) is 19.4 Å². The lowest BCUT2D eigenvalue weighted by Gasteiger charge is -2.14. The van der Waals surface area contributed by atoms with Crippen LogP contribution in [0.15, 0.2) is 51.6 Å². The maximum Gasteiger partial charge on any atom is 0.289 e. The molecule has 0 radical (unpaired) electrons. The summed E-state index contributed by atoms with van der Waals surface area (Å²) >= 11 is 0. The Hall–Kier alpha value is -3.09. The zero-order valence-electron chi connectivity index (χ0n) is 14.8. The monoisotopic (exact) mass is 355 g/mol. The van der Waals surface area contributed by atoms with Gasteiger partial charge in [-0.2, -0.15) is 4.98 Å². The first-order valence-electron chi connectivity index (χ1n) is 8.48. The van der Waals surface area contributed by atoms with Crippen molar-refractivity contribution < 1.29 is 18.5 Å². The van der Waals surface area contributed by atoms with E-state index in [0.29, 0.717) is 30.4 Å². The molecule has 26 heavy (non-hydrogen) atoms. The van der Waals surface area contributed by atoms with Gasteiger partial charge in [-0.25, -0.2) is 0 Å². The molecule has 0 aliphatic heterocycles. The standard InChI is InChI=1S/C19H21N3O4/c1-3-14-6-8-15(9-7-14)25-13-18-20-17(21-26-18)10-11-22(2)19(23)16-5-4-12-24-16/h4-9,12H,3,10-11,13H2,1-2H3. The first-order chi connectivity index (χ1) is 12.7. The van der Waals surface area contributed by atoms with Crippen LogP contribution in [0.25, 0.3) is 0 Å². The Balaban J connectivity index is 1.47. The molecule has 0 saturated carbocycles. The van der Waals surface area contributed by atoms with Crippen molar-refractivity contribution in [1.29, 1.82) is 0 Å². The van der Waals surface area contributed by atoms with E-state index in [4.69, 9.17) is 13.7 Å². The van der Waals surface area contributed by atoms with Crippen LogP contribution in [0.2, 0.25) is 0 Å². The number of aryl methyl sites for hydroxylation is 1. The number of carbonyl (C=O) groups excluding carboxylic acids is 1. The summed E-state index contributed by atoms with van der Waals surface area (Å²) in [6.45, 7) is 2.77. The molecule has 2 aromatic heterocycles. The molecule has 2 heterocycles. The second kappa shape index (κ2) is 8.33. The number of furan rings is 1. The Bertz CT molecular complexity index is 825. The topological polar surface area (TPSA) is 81.6 Å².